The van der Waals surface area contributed by atoms with E-state index in [9.17, 15) is 9.59 Å². The van der Waals surface area contributed by atoms with E-state index >= 15 is 0 Å². The van der Waals surface area contributed by atoms with Crippen molar-refractivity contribution in [2.45, 2.75) is 12.8 Å². The Bertz CT molecular complexity index is 487. The van der Waals surface area contributed by atoms with Crippen LogP contribution in [0.2, 0.25) is 5.02 Å². The Hall–Kier alpha value is -1.39. The van der Waals surface area contributed by atoms with Gasteiger partial charge in [-0.05, 0) is 18.2 Å². The van der Waals surface area contributed by atoms with E-state index in [-0.39, 0.29) is 11.7 Å². The van der Waals surface area contributed by atoms with Gasteiger partial charge in [0.1, 0.15) is 0 Å². The molecule has 0 saturated heterocycles. The van der Waals surface area contributed by atoms with Gasteiger partial charge in [-0.3, -0.25) is 9.59 Å². The molecule has 1 aliphatic heterocycles. The summed E-state index contributed by atoms with van der Waals surface area (Å²) in [6, 6.07) is 5.03. The summed E-state index contributed by atoms with van der Waals surface area (Å²) in [6.07, 6.45) is 0.652. The van der Waals surface area contributed by atoms with Crippen molar-refractivity contribution in [1.29, 1.82) is 0 Å². The lowest BCUT2D eigenvalue weighted by molar-refractivity contribution is -0.119. The van der Waals surface area contributed by atoms with Crippen LogP contribution in [0.15, 0.2) is 18.2 Å². The SMILES string of the molecule is COCCC(=O)N1CCC(=O)c2cc(Cl)ccc21. The van der Waals surface area contributed by atoms with Crippen LogP contribution in [0.3, 0.4) is 0 Å². The minimum atomic E-state index is -0.0343. The molecule has 0 bridgehead atoms. The van der Waals surface area contributed by atoms with Gasteiger partial charge >= 0.3 is 0 Å². The van der Waals surface area contributed by atoms with Gasteiger partial charge in [0.2, 0.25) is 5.91 Å². The number of halogens is 1. The first-order chi connectivity index (χ1) is 8.63. The fraction of sp³-hybridized carbons (Fsp3) is 0.385. The summed E-state index contributed by atoms with van der Waals surface area (Å²) in [5, 5.41) is 0.508. The van der Waals surface area contributed by atoms with Gasteiger partial charge < -0.3 is 9.64 Å². The third-order valence-corrected chi connectivity index (χ3v) is 3.17. The molecule has 96 valence electrons. The largest absolute Gasteiger partial charge is 0.384 e. The van der Waals surface area contributed by atoms with E-state index in [1.165, 1.54) is 0 Å². The van der Waals surface area contributed by atoms with Crippen LogP contribution < -0.4 is 4.90 Å². The van der Waals surface area contributed by atoms with E-state index in [0.29, 0.717) is 42.3 Å². The van der Waals surface area contributed by atoms with Gasteiger partial charge in [-0.25, -0.2) is 0 Å². The van der Waals surface area contributed by atoms with Crippen molar-refractivity contribution >= 4 is 29.0 Å². The average Bonchev–Trinajstić information content (AvgIpc) is 2.37. The lowest BCUT2D eigenvalue weighted by Crippen LogP contribution is -2.37. The molecule has 2 rings (SSSR count). The average molecular weight is 268 g/mol. The summed E-state index contributed by atoms with van der Waals surface area (Å²) in [5.74, 6) is -0.00351. The highest BCUT2D eigenvalue weighted by Crippen LogP contribution is 2.29. The van der Waals surface area contributed by atoms with Gasteiger partial charge in [-0.15, -0.1) is 0 Å². The maximum absolute atomic E-state index is 12.0. The van der Waals surface area contributed by atoms with E-state index in [2.05, 4.69) is 0 Å². The summed E-state index contributed by atoms with van der Waals surface area (Å²) in [6.45, 7) is 0.808. The molecule has 5 heteroatoms. The lowest BCUT2D eigenvalue weighted by Gasteiger charge is -2.28. The van der Waals surface area contributed by atoms with Crippen LogP contribution in [0, 0.1) is 0 Å². The Morgan fingerprint density at radius 3 is 3.00 bits per heavy atom. The predicted molar refractivity (Wildman–Crippen MR) is 69.2 cm³/mol. The molecule has 0 aromatic heterocycles. The predicted octanol–water partition coefficient (Wildman–Crippen LogP) is 2.30. The topological polar surface area (TPSA) is 46.6 Å². The molecule has 0 radical (unpaired) electrons. The first kappa shape index (κ1) is 13.1. The number of Topliss-reactive ketones (excluding diaryl/α,β-unsaturated/α-hetero) is 1. The number of hydrogen-bond donors (Lipinski definition) is 0. The Kier molecular flexibility index (Phi) is 3.99. The molecule has 0 saturated carbocycles. The van der Waals surface area contributed by atoms with Crippen molar-refractivity contribution in [3.63, 3.8) is 0 Å². The smallest absolute Gasteiger partial charge is 0.229 e. The van der Waals surface area contributed by atoms with Gasteiger partial charge in [-0.1, -0.05) is 11.6 Å². The fourth-order valence-corrected chi connectivity index (χ4v) is 2.19. The Balaban J connectivity index is 2.29. The number of carbonyl (C=O) groups is 2. The van der Waals surface area contributed by atoms with Crippen LogP contribution in [-0.4, -0.2) is 32.0 Å². The van der Waals surface area contributed by atoms with Crippen molar-refractivity contribution in [2.75, 3.05) is 25.2 Å². The van der Waals surface area contributed by atoms with Gasteiger partial charge in [0.25, 0.3) is 0 Å². The fourth-order valence-electron chi connectivity index (χ4n) is 2.02. The van der Waals surface area contributed by atoms with Gasteiger partial charge in [0, 0.05) is 30.7 Å². The normalized spacial score (nSPS) is 14.6. The number of benzene rings is 1. The number of fused-ring (bicyclic) bond motifs is 1. The highest BCUT2D eigenvalue weighted by atomic mass is 35.5. The highest BCUT2D eigenvalue weighted by Gasteiger charge is 2.26. The molecule has 4 nitrogen and oxygen atoms in total. The van der Waals surface area contributed by atoms with Crippen LogP contribution >= 0.6 is 11.6 Å². The zero-order chi connectivity index (χ0) is 13.1. The second-order valence-electron chi connectivity index (χ2n) is 4.12. The summed E-state index contributed by atoms with van der Waals surface area (Å²) in [7, 11) is 1.56. The molecular weight excluding hydrogens is 254 g/mol. The summed E-state index contributed by atoms with van der Waals surface area (Å²) in [5.41, 5.74) is 1.18. The maximum Gasteiger partial charge on any atom is 0.229 e. The number of methoxy groups -OCH3 is 1. The van der Waals surface area contributed by atoms with E-state index in [1.807, 2.05) is 0 Å². The molecule has 1 aromatic carbocycles. The van der Waals surface area contributed by atoms with Crippen LogP contribution in [0.1, 0.15) is 23.2 Å². The van der Waals surface area contributed by atoms with Crippen molar-refractivity contribution in [3.05, 3.63) is 28.8 Å². The molecule has 1 heterocycles. The summed E-state index contributed by atoms with van der Waals surface area (Å²) in [4.78, 5) is 25.4. The van der Waals surface area contributed by atoms with Crippen molar-refractivity contribution in [1.82, 2.24) is 0 Å². The van der Waals surface area contributed by atoms with Crippen molar-refractivity contribution in [3.8, 4) is 0 Å². The van der Waals surface area contributed by atoms with E-state index in [1.54, 1.807) is 30.2 Å². The first-order valence-electron chi connectivity index (χ1n) is 5.75. The number of nitrogens with zero attached hydrogens (tertiary/aromatic N) is 1. The zero-order valence-electron chi connectivity index (χ0n) is 10.1. The van der Waals surface area contributed by atoms with E-state index in [4.69, 9.17) is 16.3 Å². The molecule has 18 heavy (non-hydrogen) atoms. The van der Waals surface area contributed by atoms with Crippen molar-refractivity contribution < 1.29 is 14.3 Å². The van der Waals surface area contributed by atoms with Gasteiger partial charge in [0.15, 0.2) is 5.78 Å². The number of ether oxygens (including phenoxy) is 1. The highest BCUT2D eigenvalue weighted by molar-refractivity contribution is 6.31. The number of anilines is 1. The zero-order valence-corrected chi connectivity index (χ0v) is 10.9. The third-order valence-electron chi connectivity index (χ3n) is 2.93. The van der Waals surface area contributed by atoms with Crippen LogP contribution in [0.4, 0.5) is 5.69 Å². The molecule has 0 spiro atoms. The molecule has 1 aromatic rings. The van der Waals surface area contributed by atoms with Crippen LogP contribution in [0.5, 0.6) is 0 Å². The quantitative estimate of drug-likeness (QED) is 0.844. The minimum Gasteiger partial charge on any atom is -0.384 e. The van der Waals surface area contributed by atoms with Crippen LogP contribution in [-0.2, 0) is 9.53 Å². The number of ketones is 1. The first-order valence-corrected chi connectivity index (χ1v) is 6.13. The Labute approximate surface area is 110 Å². The molecule has 0 N–H and O–H groups in total. The van der Waals surface area contributed by atoms with E-state index < -0.39 is 0 Å². The molecule has 1 aliphatic rings. The maximum atomic E-state index is 12.0. The number of rotatable bonds is 3. The second kappa shape index (κ2) is 5.50. The van der Waals surface area contributed by atoms with E-state index in [0.717, 1.165) is 0 Å². The number of amides is 1. The van der Waals surface area contributed by atoms with Crippen LogP contribution in [0.25, 0.3) is 0 Å². The Morgan fingerprint density at radius 1 is 1.50 bits per heavy atom. The summed E-state index contributed by atoms with van der Waals surface area (Å²) >= 11 is 5.88. The third kappa shape index (κ3) is 2.54. The molecular formula is C13H14ClNO3. The molecule has 0 atom stereocenters. The van der Waals surface area contributed by atoms with Gasteiger partial charge in [-0.2, -0.15) is 0 Å². The standard InChI is InChI=1S/C13H14ClNO3/c1-18-7-5-13(17)15-6-4-12(16)10-8-9(14)2-3-11(10)15/h2-3,8H,4-7H2,1H3. The monoisotopic (exact) mass is 267 g/mol. The molecule has 0 fully saturated rings. The van der Waals surface area contributed by atoms with Crippen molar-refractivity contribution in [2.24, 2.45) is 0 Å². The second-order valence-corrected chi connectivity index (χ2v) is 4.56. The summed E-state index contributed by atoms with van der Waals surface area (Å²) < 4.78 is 4.90. The molecule has 0 unspecified atom stereocenters. The molecule has 1 amide bonds. The number of carbonyl (C=O) groups excluding carboxylic acids is 2. The molecule has 0 aliphatic carbocycles. The van der Waals surface area contributed by atoms with Gasteiger partial charge in [0.05, 0.1) is 18.7 Å². The minimum absolute atomic E-state index is 0.0308. The lowest BCUT2D eigenvalue weighted by atomic mass is 10.00. The Morgan fingerprint density at radius 2 is 2.28 bits per heavy atom. The number of hydrogen-bond acceptors (Lipinski definition) is 3.